The van der Waals surface area contributed by atoms with E-state index in [-0.39, 0.29) is 23.7 Å². The van der Waals surface area contributed by atoms with Gasteiger partial charge in [0.15, 0.2) is 5.79 Å². The number of hydrogen-bond donors (Lipinski definition) is 0. The Hall–Kier alpha value is -0.800. The van der Waals surface area contributed by atoms with Gasteiger partial charge in [-0.3, -0.25) is 0 Å². The summed E-state index contributed by atoms with van der Waals surface area (Å²) in [5, 5.41) is 0. The van der Waals surface area contributed by atoms with Gasteiger partial charge in [-0.1, -0.05) is 13.8 Å². The fourth-order valence-electron chi connectivity index (χ4n) is 5.83. The van der Waals surface area contributed by atoms with Crippen LogP contribution in [0.15, 0.2) is 23.0 Å². The summed E-state index contributed by atoms with van der Waals surface area (Å²) >= 11 is 0. The molecule has 0 aromatic rings. The van der Waals surface area contributed by atoms with Gasteiger partial charge in [-0.25, -0.2) is 0 Å². The summed E-state index contributed by atoms with van der Waals surface area (Å²) in [5.41, 5.74) is 4.14. The van der Waals surface area contributed by atoms with Crippen molar-refractivity contribution in [3.63, 3.8) is 0 Å². The molecule has 0 amide bonds. The van der Waals surface area contributed by atoms with Crippen molar-refractivity contribution >= 4 is 0 Å². The van der Waals surface area contributed by atoms with E-state index in [1.54, 1.807) is 0 Å². The molecule has 1 saturated heterocycles. The van der Waals surface area contributed by atoms with Gasteiger partial charge >= 0.3 is 0 Å². The van der Waals surface area contributed by atoms with Crippen LogP contribution in [0.25, 0.3) is 0 Å². The van der Waals surface area contributed by atoms with Crippen LogP contribution in [-0.2, 0) is 14.2 Å². The third-order valence-electron chi connectivity index (χ3n) is 6.50. The van der Waals surface area contributed by atoms with E-state index in [1.165, 1.54) is 23.1 Å². The highest BCUT2D eigenvalue weighted by molar-refractivity contribution is 5.47. The van der Waals surface area contributed by atoms with Gasteiger partial charge in [-0.05, 0) is 63.2 Å². The zero-order chi connectivity index (χ0) is 15.9. The van der Waals surface area contributed by atoms with Crippen LogP contribution < -0.4 is 0 Å². The molecule has 3 nitrogen and oxygen atoms in total. The molecule has 0 radical (unpaired) electrons. The normalized spacial score (nSPS) is 49.2. The first-order valence-electron chi connectivity index (χ1n) is 8.65. The maximum atomic E-state index is 6.40. The molecule has 122 valence electrons. The molecule has 0 aromatic carbocycles. The standard InChI is InChI=1S/C19H28O3/c1-10-7-8-13-19(6)14(11(2)9-20-13)12(3)16-17(15(10)19)22-18(4,5)21-16/h9-10,13,15-17H,7-8H2,1-6H3/t10-,13+,15-,16-,17+,19-/m1/s1. The minimum absolute atomic E-state index is 0.0472. The zero-order valence-electron chi connectivity index (χ0n) is 14.6. The second-order valence-electron chi connectivity index (χ2n) is 8.37. The van der Waals surface area contributed by atoms with Crippen LogP contribution in [0.4, 0.5) is 0 Å². The highest BCUT2D eigenvalue weighted by Crippen LogP contribution is 2.62. The fourth-order valence-corrected chi connectivity index (χ4v) is 5.83. The van der Waals surface area contributed by atoms with E-state index in [0.29, 0.717) is 11.8 Å². The van der Waals surface area contributed by atoms with E-state index >= 15 is 0 Å². The Labute approximate surface area is 133 Å². The Bertz CT molecular complexity index is 573. The van der Waals surface area contributed by atoms with E-state index in [1.807, 2.05) is 20.1 Å². The van der Waals surface area contributed by atoms with Crippen molar-refractivity contribution in [2.75, 3.05) is 0 Å². The topological polar surface area (TPSA) is 27.7 Å². The quantitative estimate of drug-likeness (QED) is 0.671. The molecule has 0 aromatic heterocycles. The molecule has 0 unspecified atom stereocenters. The van der Waals surface area contributed by atoms with E-state index in [0.717, 1.165) is 6.42 Å². The van der Waals surface area contributed by atoms with E-state index in [9.17, 15) is 0 Å². The van der Waals surface area contributed by atoms with Gasteiger partial charge in [0, 0.05) is 11.3 Å². The van der Waals surface area contributed by atoms with Gasteiger partial charge in [0.25, 0.3) is 0 Å². The maximum Gasteiger partial charge on any atom is 0.164 e. The average Bonchev–Trinajstić information content (AvgIpc) is 2.72. The zero-order valence-corrected chi connectivity index (χ0v) is 14.6. The van der Waals surface area contributed by atoms with Crippen molar-refractivity contribution in [3.8, 4) is 0 Å². The number of hydrogen-bond acceptors (Lipinski definition) is 3. The minimum Gasteiger partial charge on any atom is -0.497 e. The van der Waals surface area contributed by atoms with Gasteiger partial charge in [0.2, 0.25) is 0 Å². The molecule has 3 heteroatoms. The molecular weight excluding hydrogens is 276 g/mol. The average molecular weight is 304 g/mol. The lowest BCUT2D eigenvalue weighted by molar-refractivity contribution is -0.166. The summed E-state index contributed by atoms with van der Waals surface area (Å²) in [6.45, 7) is 13.3. The number of ether oxygens (including phenoxy) is 3. The first-order chi connectivity index (χ1) is 10.3. The van der Waals surface area contributed by atoms with Crippen molar-refractivity contribution in [2.24, 2.45) is 17.3 Å². The Morgan fingerprint density at radius 1 is 1.09 bits per heavy atom. The molecule has 22 heavy (non-hydrogen) atoms. The van der Waals surface area contributed by atoms with Crippen LogP contribution in [0.2, 0.25) is 0 Å². The minimum atomic E-state index is -0.494. The molecule has 2 aliphatic heterocycles. The van der Waals surface area contributed by atoms with Gasteiger partial charge in [0.05, 0.1) is 12.4 Å². The highest BCUT2D eigenvalue weighted by atomic mass is 16.8. The van der Waals surface area contributed by atoms with Crippen LogP contribution in [-0.4, -0.2) is 24.1 Å². The van der Waals surface area contributed by atoms with Crippen molar-refractivity contribution in [1.29, 1.82) is 0 Å². The summed E-state index contributed by atoms with van der Waals surface area (Å²) in [6.07, 6.45) is 4.82. The predicted molar refractivity (Wildman–Crippen MR) is 85.2 cm³/mol. The van der Waals surface area contributed by atoms with Crippen LogP contribution in [0.1, 0.15) is 54.4 Å². The highest BCUT2D eigenvalue weighted by Gasteiger charge is 2.63. The Morgan fingerprint density at radius 2 is 1.82 bits per heavy atom. The van der Waals surface area contributed by atoms with Crippen LogP contribution in [0.5, 0.6) is 0 Å². The monoisotopic (exact) mass is 304 g/mol. The molecule has 0 N–H and O–H groups in total. The molecule has 0 spiro atoms. The summed E-state index contributed by atoms with van der Waals surface area (Å²) < 4.78 is 18.8. The van der Waals surface area contributed by atoms with Gasteiger partial charge in [-0.2, -0.15) is 0 Å². The molecule has 2 fully saturated rings. The second kappa shape index (κ2) is 4.39. The van der Waals surface area contributed by atoms with Crippen LogP contribution in [0.3, 0.4) is 0 Å². The van der Waals surface area contributed by atoms with Crippen LogP contribution in [0, 0.1) is 17.3 Å². The summed E-state index contributed by atoms with van der Waals surface area (Å²) in [5.74, 6) is 0.593. The van der Waals surface area contributed by atoms with E-state index in [4.69, 9.17) is 14.2 Å². The lowest BCUT2D eigenvalue weighted by Gasteiger charge is -2.58. The van der Waals surface area contributed by atoms with Gasteiger partial charge in [0.1, 0.15) is 12.2 Å². The maximum absolute atomic E-state index is 6.40. The Morgan fingerprint density at radius 3 is 2.55 bits per heavy atom. The number of allylic oxidation sites excluding steroid dienone is 1. The first-order valence-corrected chi connectivity index (χ1v) is 8.65. The molecule has 0 bridgehead atoms. The first kappa shape index (κ1) is 14.8. The molecule has 2 aliphatic carbocycles. The molecule has 4 rings (SSSR count). The molecule has 4 aliphatic rings. The number of fused-ring (bicyclic) bond motifs is 2. The molecule has 2 heterocycles. The smallest absolute Gasteiger partial charge is 0.164 e. The van der Waals surface area contributed by atoms with E-state index < -0.39 is 5.79 Å². The fraction of sp³-hybridized carbons (Fsp3) is 0.789. The lowest BCUT2D eigenvalue weighted by Crippen LogP contribution is -2.59. The second-order valence-corrected chi connectivity index (χ2v) is 8.37. The SMILES string of the molecule is CC1=CO[C@H]2CC[C@@H](C)[C@@H]3[C@@H]4OC(C)(C)O[C@@H]4C(C)=C1[C@]32C. The van der Waals surface area contributed by atoms with E-state index in [2.05, 4.69) is 27.7 Å². The Balaban J connectivity index is 1.93. The predicted octanol–water partition coefficient (Wildman–Crippen LogP) is 4.19. The van der Waals surface area contributed by atoms with Crippen molar-refractivity contribution in [3.05, 3.63) is 23.0 Å². The third kappa shape index (κ3) is 1.70. The van der Waals surface area contributed by atoms with Gasteiger partial charge in [-0.15, -0.1) is 0 Å². The lowest BCUT2D eigenvalue weighted by atomic mass is 9.51. The van der Waals surface area contributed by atoms with Crippen molar-refractivity contribution in [1.82, 2.24) is 0 Å². The van der Waals surface area contributed by atoms with Crippen molar-refractivity contribution in [2.45, 2.75) is 78.5 Å². The summed E-state index contributed by atoms with van der Waals surface area (Å²) in [4.78, 5) is 0. The summed E-state index contributed by atoms with van der Waals surface area (Å²) in [6, 6.07) is 0. The largest absolute Gasteiger partial charge is 0.497 e. The summed E-state index contributed by atoms with van der Waals surface area (Å²) in [7, 11) is 0. The van der Waals surface area contributed by atoms with Crippen LogP contribution >= 0.6 is 0 Å². The molecule has 1 saturated carbocycles. The number of rotatable bonds is 0. The third-order valence-corrected chi connectivity index (χ3v) is 6.50. The van der Waals surface area contributed by atoms with Crippen molar-refractivity contribution < 1.29 is 14.2 Å². The molecular formula is C19H28O3. The molecule has 6 atom stereocenters. The van der Waals surface area contributed by atoms with Gasteiger partial charge < -0.3 is 14.2 Å². The Kier molecular flexibility index (Phi) is 2.95.